The van der Waals surface area contributed by atoms with Crippen molar-refractivity contribution in [2.75, 3.05) is 12.0 Å². The molecule has 12 heteroatoms. The van der Waals surface area contributed by atoms with E-state index >= 15 is 0 Å². The molecule has 0 aliphatic carbocycles. The SMILES string of the molecule is COC(=O)c1cnn(-c2ncc(N(C(=O)OC(C)(C)C)C(=O)OC(C)(C)C)cc2Cl)n1. The molecule has 2 aromatic heterocycles. The molecular formula is C19H24ClN5O6. The van der Waals surface area contributed by atoms with Crippen molar-refractivity contribution in [2.24, 2.45) is 0 Å². The van der Waals surface area contributed by atoms with Crippen LogP contribution in [0.3, 0.4) is 0 Å². The predicted octanol–water partition coefficient (Wildman–Crippen LogP) is 3.78. The fourth-order valence-corrected chi connectivity index (χ4v) is 2.39. The van der Waals surface area contributed by atoms with Crippen LogP contribution in [0.4, 0.5) is 15.3 Å². The van der Waals surface area contributed by atoms with Crippen LogP contribution in [0.5, 0.6) is 0 Å². The van der Waals surface area contributed by atoms with Crippen LogP contribution < -0.4 is 4.90 Å². The summed E-state index contributed by atoms with van der Waals surface area (Å²) in [6.45, 7) is 9.97. The molecule has 0 bridgehead atoms. The predicted molar refractivity (Wildman–Crippen MR) is 110 cm³/mol. The van der Waals surface area contributed by atoms with Gasteiger partial charge >= 0.3 is 18.2 Å². The number of anilines is 1. The molecule has 2 heterocycles. The van der Waals surface area contributed by atoms with Crippen LogP contribution in [-0.2, 0) is 14.2 Å². The maximum absolute atomic E-state index is 12.7. The lowest BCUT2D eigenvalue weighted by Crippen LogP contribution is -2.43. The lowest BCUT2D eigenvalue weighted by Gasteiger charge is -2.28. The Balaban J connectivity index is 2.43. The quantitative estimate of drug-likeness (QED) is 0.503. The van der Waals surface area contributed by atoms with Gasteiger partial charge in [-0.15, -0.1) is 9.90 Å². The molecule has 0 radical (unpaired) electrons. The van der Waals surface area contributed by atoms with Crippen molar-refractivity contribution in [3.63, 3.8) is 0 Å². The minimum absolute atomic E-state index is 0.00151. The van der Waals surface area contributed by atoms with E-state index in [-0.39, 0.29) is 22.2 Å². The molecule has 0 spiro atoms. The van der Waals surface area contributed by atoms with Gasteiger partial charge in [0.05, 0.1) is 30.2 Å². The van der Waals surface area contributed by atoms with Crippen molar-refractivity contribution in [1.29, 1.82) is 0 Å². The molecule has 2 rings (SSSR count). The van der Waals surface area contributed by atoms with E-state index in [0.717, 1.165) is 4.80 Å². The van der Waals surface area contributed by atoms with Gasteiger partial charge in [-0.3, -0.25) is 0 Å². The second-order valence-electron chi connectivity index (χ2n) is 8.31. The minimum Gasteiger partial charge on any atom is -0.464 e. The van der Waals surface area contributed by atoms with Crippen LogP contribution in [0.1, 0.15) is 52.0 Å². The smallest absolute Gasteiger partial charge is 0.424 e. The number of aromatic nitrogens is 4. The molecule has 168 valence electrons. The first-order chi connectivity index (χ1) is 14.2. The van der Waals surface area contributed by atoms with Crippen LogP contribution in [0.2, 0.25) is 5.02 Å². The number of hydrogen-bond acceptors (Lipinski definition) is 9. The molecule has 0 fully saturated rings. The number of methoxy groups -OCH3 is 1. The Kier molecular flexibility index (Phi) is 6.89. The van der Waals surface area contributed by atoms with Gasteiger partial charge in [-0.1, -0.05) is 11.6 Å². The summed E-state index contributed by atoms with van der Waals surface area (Å²) in [7, 11) is 1.21. The molecule has 0 saturated carbocycles. The Morgan fingerprint density at radius 1 is 1.00 bits per heavy atom. The lowest BCUT2D eigenvalue weighted by atomic mass is 10.2. The Labute approximate surface area is 184 Å². The van der Waals surface area contributed by atoms with E-state index < -0.39 is 29.4 Å². The zero-order chi connectivity index (χ0) is 23.6. The number of imide groups is 1. The van der Waals surface area contributed by atoms with E-state index in [1.54, 1.807) is 41.5 Å². The number of ether oxygens (including phenoxy) is 3. The third-order valence-corrected chi connectivity index (χ3v) is 3.57. The van der Waals surface area contributed by atoms with Gasteiger partial charge in [-0.2, -0.15) is 10.00 Å². The Hall–Kier alpha value is -3.21. The number of nitrogens with zero attached hydrogens (tertiary/aromatic N) is 5. The lowest BCUT2D eigenvalue weighted by molar-refractivity contribution is 0.0429. The first-order valence-corrected chi connectivity index (χ1v) is 9.52. The van der Waals surface area contributed by atoms with Gasteiger partial charge in [0.2, 0.25) is 0 Å². The Morgan fingerprint density at radius 3 is 2.00 bits per heavy atom. The average Bonchev–Trinajstić information content (AvgIpc) is 3.08. The number of esters is 1. The van der Waals surface area contributed by atoms with Gasteiger partial charge < -0.3 is 14.2 Å². The summed E-state index contributed by atoms with van der Waals surface area (Å²) >= 11 is 6.30. The highest BCUT2D eigenvalue weighted by molar-refractivity contribution is 6.32. The summed E-state index contributed by atoms with van der Waals surface area (Å²) in [5, 5.41) is 7.86. The molecule has 31 heavy (non-hydrogen) atoms. The van der Waals surface area contributed by atoms with Gasteiger partial charge in [-0.05, 0) is 47.6 Å². The largest absolute Gasteiger partial charge is 0.464 e. The highest BCUT2D eigenvalue weighted by atomic mass is 35.5. The second kappa shape index (κ2) is 8.88. The van der Waals surface area contributed by atoms with E-state index in [0.29, 0.717) is 4.90 Å². The van der Waals surface area contributed by atoms with E-state index in [9.17, 15) is 14.4 Å². The standard InChI is InChI=1S/C19H24ClN5O6/c1-18(2,3)30-16(27)24(17(28)31-19(4,5)6)11-8-12(20)14(21-9-11)25-22-10-13(23-25)15(26)29-7/h8-10H,1-7H3. The molecule has 0 aliphatic heterocycles. The minimum atomic E-state index is -0.961. The van der Waals surface area contributed by atoms with Crippen molar-refractivity contribution in [2.45, 2.75) is 52.7 Å². The molecule has 0 N–H and O–H groups in total. The molecule has 0 atom stereocenters. The molecule has 0 aliphatic rings. The average molecular weight is 454 g/mol. The van der Waals surface area contributed by atoms with Crippen LogP contribution >= 0.6 is 11.6 Å². The Morgan fingerprint density at radius 2 is 1.55 bits per heavy atom. The third kappa shape index (κ3) is 6.38. The van der Waals surface area contributed by atoms with E-state index in [4.69, 9.17) is 21.1 Å². The highest BCUT2D eigenvalue weighted by Gasteiger charge is 2.33. The van der Waals surface area contributed by atoms with E-state index in [1.807, 2.05) is 0 Å². The number of rotatable bonds is 3. The summed E-state index contributed by atoms with van der Waals surface area (Å²) < 4.78 is 15.2. The third-order valence-electron chi connectivity index (χ3n) is 3.29. The number of halogens is 1. The fraction of sp³-hybridized carbons (Fsp3) is 0.474. The van der Waals surface area contributed by atoms with Crippen LogP contribution in [-0.4, -0.2) is 56.4 Å². The number of pyridine rings is 1. The highest BCUT2D eigenvalue weighted by Crippen LogP contribution is 2.26. The number of carbonyl (C=O) groups is 3. The summed E-state index contributed by atoms with van der Waals surface area (Å²) in [5.41, 5.74) is -1.76. The van der Waals surface area contributed by atoms with Gasteiger partial charge in [-0.25, -0.2) is 19.4 Å². The van der Waals surface area contributed by atoms with E-state index in [2.05, 4.69) is 19.9 Å². The molecule has 0 saturated heterocycles. The first-order valence-electron chi connectivity index (χ1n) is 9.14. The van der Waals surface area contributed by atoms with Crippen molar-refractivity contribution in [3.8, 4) is 5.82 Å². The van der Waals surface area contributed by atoms with Crippen molar-refractivity contribution < 1.29 is 28.6 Å². The summed E-state index contributed by atoms with van der Waals surface area (Å²) in [6.07, 6.45) is 0.469. The molecule has 0 aromatic carbocycles. The monoisotopic (exact) mass is 453 g/mol. The zero-order valence-corrected chi connectivity index (χ0v) is 19.1. The van der Waals surface area contributed by atoms with Crippen molar-refractivity contribution in [1.82, 2.24) is 20.0 Å². The molecular weight excluding hydrogens is 430 g/mol. The number of hydrogen-bond donors (Lipinski definition) is 0. The van der Waals surface area contributed by atoms with E-state index in [1.165, 1.54) is 25.6 Å². The molecule has 2 aromatic rings. The molecule has 11 nitrogen and oxygen atoms in total. The maximum atomic E-state index is 12.7. The maximum Gasteiger partial charge on any atom is 0.424 e. The van der Waals surface area contributed by atoms with Crippen molar-refractivity contribution >= 4 is 35.4 Å². The second-order valence-corrected chi connectivity index (χ2v) is 8.71. The summed E-state index contributed by atoms with van der Waals surface area (Å²) in [4.78, 5) is 42.8. The number of amides is 2. The van der Waals surface area contributed by atoms with Crippen LogP contribution in [0.15, 0.2) is 18.5 Å². The van der Waals surface area contributed by atoms with Gasteiger partial charge in [0.15, 0.2) is 11.5 Å². The Bertz CT molecular complexity index is 964. The van der Waals surface area contributed by atoms with Crippen molar-refractivity contribution in [3.05, 3.63) is 29.2 Å². The van der Waals surface area contributed by atoms with Gasteiger partial charge in [0.25, 0.3) is 0 Å². The summed E-state index contributed by atoms with van der Waals surface area (Å²) in [6, 6.07) is 1.30. The van der Waals surface area contributed by atoms with Crippen LogP contribution in [0, 0.1) is 0 Å². The first kappa shape index (κ1) is 24.1. The normalized spacial score (nSPS) is 11.6. The van der Waals surface area contributed by atoms with Crippen LogP contribution in [0.25, 0.3) is 5.82 Å². The van der Waals surface area contributed by atoms with Gasteiger partial charge in [0, 0.05) is 0 Å². The summed E-state index contributed by atoms with van der Waals surface area (Å²) in [5.74, 6) is -0.617. The fourth-order valence-electron chi connectivity index (χ4n) is 2.15. The number of carbonyl (C=O) groups excluding carboxylic acids is 3. The molecule has 2 amide bonds. The van der Waals surface area contributed by atoms with Gasteiger partial charge in [0.1, 0.15) is 11.2 Å². The zero-order valence-electron chi connectivity index (χ0n) is 18.3. The topological polar surface area (TPSA) is 126 Å². The molecule has 0 unspecified atom stereocenters.